The first-order valence-electron chi connectivity index (χ1n) is 2.49. The lowest BCUT2D eigenvalue weighted by Gasteiger charge is -1.81. The summed E-state index contributed by atoms with van der Waals surface area (Å²) >= 11 is 0. The Kier molecular flexibility index (Phi) is 1.11. The second-order valence-electron chi connectivity index (χ2n) is 1.64. The summed E-state index contributed by atoms with van der Waals surface area (Å²) in [7, 11) is 0. The number of epoxide rings is 1. The van der Waals surface area contributed by atoms with Crippen molar-refractivity contribution in [2.45, 2.75) is 19.4 Å². The molecule has 0 saturated carbocycles. The SMILES string of the molecule is CCC(=O)[C@H]1CO1. The van der Waals surface area contributed by atoms with Gasteiger partial charge in [0.1, 0.15) is 6.10 Å². The smallest absolute Gasteiger partial charge is 0.163 e. The van der Waals surface area contributed by atoms with Gasteiger partial charge in [0.25, 0.3) is 0 Å². The molecule has 7 heavy (non-hydrogen) atoms. The van der Waals surface area contributed by atoms with E-state index in [0.717, 1.165) is 0 Å². The standard InChI is InChI=1S/C5H8O2/c1-2-4(6)5-3-7-5/h5H,2-3H2,1H3/t5-/m1/s1. The molecule has 0 aromatic rings. The minimum atomic E-state index is -0.0231. The lowest BCUT2D eigenvalue weighted by Crippen LogP contribution is -2.02. The molecule has 2 heteroatoms. The van der Waals surface area contributed by atoms with E-state index < -0.39 is 0 Å². The van der Waals surface area contributed by atoms with Crippen molar-refractivity contribution >= 4 is 5.78 Å². The molecule has 0 N–H and O–H groups in total. The Morgan fingerprint density at radius 2 is 2.57 bits per heavy atom. The first-order valence-corrected chi connectivity index (χ1v) is 2.49. The van der Waals surface area contributed by atoms with Crippen LogP contribution in [0.5, 0.6) is 0 Å². The van der Waals surface area contributed by atoms with Gasteiger partial charge in [0.05, 0.1) is 6.61 Å². The molecule has 0 radical (unpaired) electrons. The topological polar surface area (TPSA) is 29.6 Å². The molecule has 0 aromatic heterocycles. The molecule has 0 amide bonds. The van der Waals surface area contributed by atoms with Crippen LogP contribution in [-0.4, -0.2) is 18.5 Å². The molecule has 0 unspecified atom stereocenters. The Morgan fingerprint density at radius 1 is 2.00 bits per heavy atom. The van der Waals surface area contributed by atoms with Crippen molar-refractivity contribution in [3.8, 4) is 0 Å². The molecule has 1 fully saturated rings. The van der Waals surface area contributed by atoms with Gasteiger partial charge in [0.15, 0.2) is 5.78 Å². The minimum absolute atomic E-state index is 0.0231. The molecular formula is C5H8O2. The van der Waals surface area contributed by atoms with E-state index in [4.69, 9.17) is 4.74 Å². The normalized spacial score (nSPS) is 27.3. The number of hydrogen-bond acceptors (Lipinski definition) is 2. The zero-order chi connectivity index (χ0) is 5.28. The average Bonchev–Trinajstić information content (AvgIpc) is 2.44. The molecule has 40 valence electrons. The third-order valence-corrected chi connectivity index (χ3v) is 1.04. The Balaban J connectivity index is 2.24. The predicted octanol–water partition coefficient (Wildman–Crippen LogP) is 0.364. The van der Waals surface area contributed by atoms with Crippen LogP contribution in [0.25, 0.3) is 0 Å². The lowest BCUT2D eigenvalue weighted by atomic mass is 10.2. The summed E-state index contributed by atoms with van der Waals surface area (Å²) in [6.45, 7) is 2.51. The highest BCUT2D eigenvalue weighted by molar-refractivity contribution is 5.84. The van der Waals surface area contributed by atoms with Crippen LogP contribution in [0.2, 0.25) is 0 Å². The maximum absolute atomic E-state index is 10.4. The van der Waals surface area contributed by atoms with E-state index in [2.05, 4.69) is 0 Å². The van der Waals surface area contributed by atoms with Gasteiger partial charge in [-0.3, -0.25) is 4.79 Å². The highest BCUT2D eigenvalue weighted by Gasteiger charge is 2.28. The lowest BCUT2D eigenvalue weighted by molar-refractivity contribution is -0.119. The highest BCUT2D eigenvalue weighted by Crippen LogP contribution is 2.10. The van der Waals surface area contributed by atoms with E-state index in [9.17, 15) is 4.79 Å². The van der Waals surface area contributed by atoms with Crippen molar-refractivity contribution in [3.05, 3.63) is 0 Å². The zero-order valence-corrected chi connectivity index (χ0v) is 4.31. The maximum Gasteiger partial charge on any atom is 0.163 e. The van der Waals surface area contributed by atoms with E-state index in [1.165, 1.54) is 0 Å². The highest BCUT2D eigenvalue weighted by atomic mass is 16.6. The Bertz CT molecular complexity index is 84.1. The van der Waals surface area contributed by atoms with Crippen LogP contribution in [0.3, 0.4) is 0 Å². The summed E-state index contributed by atoms with van der Waals surface area (Å²) in [5.41, 5.74) is 0. The monoisotopic (exact) mass is 100 g/mol. The fourth-order valence-corrected chi connectivity index (χ4v) is 0.462. The van der Waals surface area contributed by atoms with Crippen molar-refractivity contribution in [2.24, 2.45) is 0 Å². The van der Waals surface area contributed by atoms with Crippen molar-refractivity contribution in [1.82, 2.24) is 0 Å². The molecule has 1 rings (SSSR count). The van der Waals surface area contributed by atoms with Gasteiger partial charge in [-0.2, -0.15) is 0 Å². The molecular weight excluding hydrogens is 92.1 g/mol. The quantitative estimate of drug-likeness (QED) is 0.469. The fourth-order valence-electron chi connectivity index (χ4n) is 0.462. The number of carbonyl (C=O) groups is 1. The second-order valence-corrected chi connectivity index (χ2v) is 1.64. The maximum atomic E-state index is 10.4. The number of Topliss-reactive ketones (excluding diaryl/α,β-unsaturated/α-hetero) is 1. The fraction of sp³-hybridized carbons (Fsp3) is 0.800. The first kappa shape index (κ1) is 4.78. The Morgan fingerprint density at radius 3 is 2.71 bits per heavy atom. The summed E-state index contributed by atoms with van der Waals surface area (Å²) in [6.07, 6.45) is 0.593. The predicted molar refractivity (Wildman–Crippen MR) is 25.0 cm³/mol. The Labute approximate surface area is 42.5 Å². The van der Waals surface area contributed by atoms with Gasteiger partial charge in [0, 0.05) is 6.42 Å². The third kappa shape index (κ3) is 0.996. The number of rotatable bonds is 2. The van der Waals surface area contributed by atoms with Crippen molar-refractivity contribution in [1.29, 1.82) is 0 Å². The Hall–Kier alpha value is -0.370. The number of ether oxygens (including phenoxy) is 1. The van der Waals surface area contributed by atoms with Crippen LogP contribution >= 0.6 is 0 Å². The summed E-state index contributed by atoms with van der Waals surface area (Å²) in [5, 5.41) is 0. The van der Waals surface area contributed by atoms with Gasteiger partial charge >= 0.3 is 0 Å². The van der Waals surface area contributed by atoms with E-state index in [1.54, 1.807) is 0 Å². The molecule has 1 heterocycles. The molecule has 0 aliphatic carbocycles. The van der Waals surface area contributed by atoms with Gasteiger partial charge in [-0.1, -0.05) is 6.92 Å². The number of hydrogen-bond donors (Lipinski definition) is 0. The van der Waals surface area contributed by atoms with Gasteiger partial charge in [-0.15, -0.1) is 0 Å². The molecule has 0 aromatic carbocycles. The average molecular weight is 100 g/mol. The van der Waals surface area contributed by atoms with Crippen molar-refractivity contribution < 1.29 is 9.53 Å². The molecule has 2 nitrogen and oxygen atoms in total. The van der Waals surface area contributed by atoms with E-state index in [-0.39, 0.29) is 11.9 Å². The minimum Gasteiger partial charge on any atom is -0.365 e. The van der Waals surface area contributed by atoms with Gasteiger partial charge in [-0.25, -0.2) is 0 Å². The summed E-state index contributed by atoms with van der Waals surface area (Å²) in [6, 6.07) is 0. The van der Waals surface area contributed by atoms with Crippen LogP contribution in [-0.2, 0) is 9.53 Å². The summed E-state index contributed by atoms with van der Waals surface area (Å²) < 4.78 is 4.71. The van der Waals surface area contributed by atoms with E-state index >= 15 is 0 Å². The van der Waals surface area contributed by atoms with Crippen LogP contribution in [0.15, 0.2) is 0 Å². The number of ketones is 1. The van der Waals surface area contributed by atoms with Gasteiger partial charge < -0.3 is 4.74 Å². The van der Waals surface area contributed by atoms with E-state index in [0.29, 0.717) is 13.0 Å². The van der Waals surface area contributed by atoms with Gasteiger partial charge in [0.2, 0.25) is 0 Å². The van der Waals surface area contributed by atoms with Crippen molar-refractivity contribution in [2.75, 3.05) is 6.61 Å². The summed E-state index contributed by atoms with van der Waals surface area (Å²) in [4.78, 5) is 10.4. The largest absolute Gasteiger partial charge is 0.365 e. The second kappa shape index (κ2) is 1.62. The molecule has 1 aliphatic heterocycles. The van der Waals surface area contributed by atoms with Crippen molar-refractivity contribution in [3.63, 3.8) is 0 Å². The van der Waals surface area contributed by atoms with Gasteiger partial charge in [-0.05, 0) is 0 Å². The van der Waals surface area contributed by atoms with Crippen LogP contribution in [0.1, 0.15) is 13.3 Å². The molecule has 0 spiro atoms. The molecule has 1 saturated heterocycles. The number of carbonyl (C=O) groups excluding carboxylic acids is 1. The summed E-state index contributed by atoms with van der Waals surface area (Å²) in [5.74, 6) is 0.236. The van der Waals surface area contributed by atoms with Crippen LogP contribution in [0, 0.1) is 0 Å². The first-order chi connectivity index (χ1) is 3.34. The molecule has 1 atom stereocenters. The molecule has 0 bridgehead atoms. The van der Waals surface area contributed by atoms with Crippen LogP contribution < -0.4 is 0 Å². The third-order valence-electron chi connectivity index (χ3n) is 1.04. The molecule has 1 aliphatic rings. The zero-order valence-electron chi connectivity index (χ0n) is 4.31. The van der Waals surface area contributed by atoms with Crippen LogP contribution in [0.4, 0.5) is 0 Å². The van der Waals surface area contributed by atoms with E-state index in [1.807, 2.05) is 6.92 Å².